The second kappa shape index (κ2) is 5.33. The van der Waals surface area contributed by atoms with E-state index >= 15 is 0 Å². The molecule has 2 rings (SSSR count). The van der Waals surface area contributed by atoms with Crippen molar-refractivity contribution in [3.63, 3.8) is 0 Å². The Balaban J connectivity index is 2.11. The summed E-state index contributed by atoms with van der Waals surface area (Å²) in [5, 5.41) is 6.42. The van der Waals surface area contributed by atoms with Crippen molar-refractivity contribution in [2.45, 2.75) is 46.7 Å². The zero-order valence-corrected chi connectivity index (χ0v) is 12.3. The van der Waals surface area contributed by atoms with Crippen molar-refractivity contribution < 1.29 is 4.79 Å². The first-order valence-electron chi connectivity index (χ1n) is 7.01. The Hall–Kier alpha value is -1.35. The van der Waals surface area contributed by atoms with Crippen LogP contribution in [-0.2, 0) is 13.0 Å². The number of hydrogen-bond donors (Lipinski definition) is 2. The van der Waals surface area contributed by atoms with E-state index in [1.54, 1.807) is 0 Å². The number of hydrogen-bond acceptors (Lipinski definition) is 2. The van der Waals surface area contributed by atoms with Crippen LogP contribution < -0.4 is 10.6 Å². The predicted molar refractivity (Wildman–Crippen MR) is 78.2 cm³/mol. The Morgan fingerprint density at radius 1 is 1.32 bits per heavy atom. The molecule has 1 aromatic rings. The first-order chi connectivity index (χ1) is 8.88. The fourth-order valence-electron chi connectivity index (χ4n) is 2.12. The fourth-order valence-corrected chi connectivity index (χ4v) is 2.12. The SMILES string of the molecule is CC(NC(=O)c1ccc2c(c1)CNCC2)C(C)(C)C. The van der Waals surface area contributed by atoms with Crippen molar-refractivity contribution in [1.82, 2.24) is 10.6 Å². The first-order valence-corrected chi connectivity index (χ1v) is 7.01. The molecule has 0 aromatic heterocycles. The van der Waals surface area contributed by atoms with E-state index in [1.165, 1.54) is 11.1 Å². The molecule has 0 saturated carbocycles. The first kappa shape index (κ1) is 14.1. The minimum absolute atomic E-state index is 0.0239. The molecule has 3 nitrogen and oxygen atoms in total. The third kappa shape index (κ3) is 3.35. The standard InChI is InChI=1S/C16H24N2O/c1-11(16(2,3)4)18-15(19)13-6-5-12-7-8-17-10-14(12)9-13/h5-6,9,11,17H,7-8,10H2,1-4H3,(H,18,19). The maximum absolute atomic E-state index is 12.3. The molecule has 0 saturated heterocycles. The van der Waals surface area contributed by atoms with Gasteiger partial charge in [-0.05, 0) is 48.6 Å². The van der Waals surface area contributed by atoms with E-state index in [2.05, 4.69) is 44.4 Å². The van der Waals surface area contributed by atoms with Gasteiger partial charge in [-0.3, -0.25) is 4.79 Å². The Bertz CT molecular complexity index is 474. The summed E-state index contributed by atoms with van der Waals surface area (Å²) in [6, 6.07) is 6.20. The lowest BCUT2D eigenvalue weighted by Gasteiger charge is -2.28. The lowest BCUT2D eigenvalue weighted by molar-refractivity contribution is 0.0910. The molecule has 0 aliphatic carbocycles. The van der Waals surface area contributed by atoms with Crippen LogP contribution in [0.2, 0.25) is 0 Å². The van der Waals surface area contributed by atoms with Crippen LogP contribution in [0, 0.1) is 5.41 Å². The molecule has 0 spiro atoms. The molecular formula is C16H24N2O. The van der Waals surface area contributed by atoms with E-state index in [0.717, 1.165) is 25.1 Å². The number of fused-ring (bicyclic) bond motifs is 1. The van der Waals surface area contributed by atoms with E-state index in [1.807, 2.05) is 12.1 Å². The normalized spacial score (nSPS) is 16.6. The third-order valence-electron chi connectivity index (χ3n) is 4.00. The maximum atomic E-state index is 12.3. The highest BCUT2D eigenvalue weighted by Gasteiger charge is 2.22. The quantitative estimate of drug-likeness (QED) is 0.858. The summed E-state index contributed by atoms with van der Waals surface area (Å²) in [4.78, 5) is 12.3. The third-order valence-corrected chi connectivity index (χ3v) is 4.00. The van der Waals surface area contributed by atoms with Gasteiger partial charge in [0.25, 0.3) is 5.91 Å². The fraction of sp³-hybridized carbons (Fsp3) is 0.562. The van der Waals surface area contributed by atoms with Gasteiger partial charge in [-0.2, -0.15) is 0 Å². The molecular weight excluding hydrogens is 236 g/mol. The summed E-state index contributed by atoms with van der Waals surface area (Å²) in [5.74, 6) is 0.0239. The molecule has 0 radical (unpaired) electrons. The van der Waals surface area contributed by atoms with E-state index in [-0.39, 0.29) is 17.4 Å². The van der Waals surface area contributed by atoms with Crippen LogP contribution in [-0.4, -0.2) is 18.5 Å². The molecule has 0 bridgehead atoms. The number of carbonyl (C=O) groups excluding carboxylic acids is 1. The molecule has 0 fully saturated rings. The van der Waals surface area contributed by atoms with Crippen molar-refractivity contribution >= 4 is 5.91 Å². The van der Waals surface area contributed by atoms with Crippen LogP contribution in [0.25, 0.3) is 0 Å². The van der Waals surface area contributed by atoms with Crippen molar-refractivity contribution in [2.24, 2.45) is 5.41 Å². The van der Waals surface area contributed by atoms with E-state index < -0.39 is 0 Å². The molecule has 1 aliphatic rings. The number of nitrogens with one attached hydrogen (secondary N) is 2. The smallest absolute Gasteiger partial charge is 0.251 e. The lowest BCUT2D eigenvalue weighted by atomic mass is 9.88. The van der Waals surface area contributed by atoms with E-state index in [4.69, 9.17) is 0 Å². The van der Waals surface area contributed by atoms with Crippen molar-refractivity contribution in [3.05, 3.63) is 34.9 Å². The minimum atomic E-state index is 0.0239. The molecule has 1 unspecified atom stereocenters. The Kier molecular flexibility index (Phi) is 3.95. The van der Waals surface area contributed by atoms with Crippen LogP contribution in [0.5, 0.6) is 0 Å². The highest BCUT2D eigenvalue weighted by molar-refractivity contribution is 5.94. The summed E-state index contributed by atoms with van der Waals surface area (Å²) in [5.41, 5.74) is 3.45. The zero-order chi connectivity index (χ0) is 14.0. The molecule has 3 heteroatoms. The largest absolute Gasteiger partial charge is 0.349 e. The molecule has 1 heterocycles. The summed E-state index contributed by atoms with van der Waals surface area (Å²) in [6.45, 7) is 10.3. The van der Waals surface area contributed by atoms with Gasteiger partial charge >= 0.3 is 0 Å². The summed E-state index contributed by atoms with van der Waals surface area (Å²) in [6.07, 6.45) is 1.05. The second-order valence-electron chi connectivity index (χ2n) is 6.47. The number of benzene rings is 1. The monoisotopic (exact) mass is 260 g/mol. The molecule has 1 amide bonds. The lowest BCUT2D eigenvalue weighted by Crippen LogP contribution is -2.41. The zero-order valence-electron chi connectivity index (χ0n) is 12.3. The topological polar surface area (TPSA) is 41.1 Å². The van der Waals surface area contributed by atoms with Gasteiger partial charge in [0.2, 0.25) is 0 Å². The Morgan fingerprint density at radius 3 is 2.74 bits per heavy atom. The molecule has 1 aromatic carbocycles. The van der Waals surface area contributed by atoms with Gasteiger partial charge in [-0.1, -0.05) is 26.8 Å². The van der Waals surface area contributed by atoms with Gasteiger partial charge in [0, 0.05) is 18.2 Å². The van der Waals surface area contributed by atoms with Gasteiger partial charge < -0.3 is 10.6 Å². The van der Waals surface area contributed by atoms with Crippen LogP contribution in [0.1, 0.15) is 49.2 Å². The highest BCUT2D eigenvalue weighted by Crippen LogP contribution is 2.20. The molecule has 1 atom stereocenters. The number of rotatable bonds is 2. The molecule has 1 aliphatic heterocycles. The summed E-state index contributed by atoms with van der Waals surface area (Å²) >= 11 is 0. The van der Waals surface area contributed by atoms with Crippen LogP contribution >= 0.6 is 0 Å². The highest BCUT2D eigenvalue weighted by atomic mass is 16.1. The summed E-state index contributed by atoms with van der Waals surface area (Å²) < 4.78 is 0. The molecule has 19 heavy (non-hydrogen) atoms. The van der Waals surface area contributed by atoms with Gasteiger partial charge in [0.15, 0.2) is 0 Å². The average Bonchev–Trinajstić information content (AvgIpc) is 2.37. The van der Waals surface area contributed by atoms with Gasteiger partial charge in [-0.15, -0.1) is 0 Å². The van der Waals surface area contributed by atoms with Crippen molar-refractivity contribution in [1.29, 1.82) is 0 Å². The van der Waals surface area contributed by atoms with E-state index in [0.29, 0.717) is 0 Å². The number of carbonyl (C=O) groups is 1. The van der Waals surface area contributed by atoms with Gasteiger partial charge in [0.05, 0.1) is 0 Å². The average molecular weight is 260 g/mol. The van der Waals surface area contributed by atoms with Crippen molar-refractivity contribution in [3.8, 4) is 0 Å². The number of amides is 1. The van der Waals surface area contributed by atoms with Gasteiger partial charge in [-0.25, -0.2) is 0 Å². The van der Waals surface area contributed by atoms with Gasteiger partial charge in [0.1, 0.15) is 0 Å². The van der Waals surface area contributed by atoms with Crippen LogP contribution in [0.4, 0.5) is 0 Å². The maximum Gasteiger partial charge on any atom is 0.251 e. The Labute approximate surface area is 115 Å². The van der Waals surface area contributed by atoms with Crippen LogP contribution in [0.15, 0.2) is 18.2 Å². The summed E-state index contributed by atoms with van der Waals surface area (Å²) in [7, 11) is 0. The van der Waals surface area contributed by atoms with Crippen LogP contribution in [0.3, 0.4) is 0 Å². The van der Waals surface area contributed by atoms with E-state index in [9.17, 15) is 4.79 Å². The minimum Gasteiger partial charge on any atom is -0.349 e. The molecule has 2 N–H and O–H groups in total. The predicted octanol–water partition coefficient (Wildman–Crippen LogP) is 2.50. The second-order valence-corrected chi connectivity index (χ2v) is 6.47. The van der Waals surface area contributed by atoms with Crippen molar-refractivity contribution in [2.75, 3.05) is 6.54 Å². The Morgan fingerprint density at radius 2 is 2.05 bits per heavy atom. The molecule has 104 valence electrons.